The lowest BCUT2D eigenvalue weighted by molar-refractivity contribution is 0.563. The molecule has 0 saturated heterocycles. The van der Waals surface area contributed by atoms with Crippen LogP contribution in [0.2, 0.25) is 0 Å². The molecular formula is C20H32OS2. The van der Waals surface area contributed by atoms with E-state index in [1.54, 1.807) is 0 Å². The second kappa shape index (κ2) is 15.1. The Hall–Kier alpha value is -0.410. The predicted octanol–water partition coefficient (Wildman–Crippen LogP) is 7.26. The fourth-order valence-corrected chi connectivity index (χ4v) is 4.74. The van der Waals surface area contributed by atoms with Gasteiger partial charge in [-0.3, -0.25) is 4.79 Å². The Balaban J connectivity index is 2.01. The van der Waals surface area contributed by atoms with E-state index in [-0.39, 0.29) is 4.58 Å². The van der Waals surface area contributed by atoms with Gasteiger partial charge in [0.15, 0.2) is 5.62 Å². The zero-order valence-electron chi connectivity index (χ0n) is 14.5. The third-order valence-electron chi connectivity index (χ3n) is 4.02. The summed E-state index contributed by atoms with van der Waals surface area (Å²) >= 11 is 3.30. The fraction of sp³-hybridized carbons (Fsp3) is 0.650. The van der Waals surface area contributed by atoms with Crippen LogP contribution in [0, 0.1) is 0 Å². The molecule has 1 atom stereocenters. The molecule has 0 aromatic heterocycles. The van der Waals surface area contributed by atoms with E-state index in [0.29, 0.717) is 0 Å². The van der Waals surface area contributed by atoms with E-state index in [2.05, 4.69) is 31.2 Å². The third kappa shape index (κ3) is 10.9. The largest absolute Gasteiger partial charge is 0.291 e. The molecule has 0 spiro atoms. The molecule has 23 heavy (non-hydrogen) atoms. The van der Waals surface area contributed by atoms with Crippen molar-refractivity contribution in [3.63, 3.8) is 0 Å². The summed E-state index contributed by atoms with van der Waals surface area (Å²) in [5.74, 6) is 1.15. The number of hydrogen-bond donors (Lipinski definition) is 0. The number of thioether (sulfide) groups is 2. The zero-order valence-corrected chi connectivity index (χ0v) is 16.2. The summed E-state index contributed by atoms with van der Waals surface area (Å²) in [7, 11) is 0. The smallest absolute Gasteiger partial charge is 0.177 e. The average Bonchev–Trinajstić information content (AvgIpc) is 2.59. The molecule has 1 nitrogen and oxygen atoms in total. The van der Waals surface area contributed by atoms with Crippen LogP contribution in [0.25, 0.3) is 0 Å². The first-order valence-corrected chi connectivity index (χ1v) is 11.1. The van der Waals surface area contributed by atoms with Gasteiger partial charge in [0.2, 0.25) is 0 Å². The first-order valence-electron chi connectivity index (χ1n) is 9.14. The second-order valence-corrected chi connectivity index (χ2v) is 8.48. The fourth-order valence-electron chi connectivity index (χ4n) is 2.65. The number of unbranched alkanes of at least 4 members (excludes halogenated alkanes) is 9. The molecule has 0 fully saturated rings. The van der Waals surface area contributed by atoms with Crippen LogP contribution >= 0.6 is 23.5 Å². The summed E-state index contributed by atoms with van der Waals surface area (Å²) in [6.07, 6.45) is 13.8. The first kappa shape index (κ1) is 20.6. The topological polar surface area (TPSA) is 17.1 Å². The summed E-state index contributed by atoms with van der Waals surface area (Å²) in [5.41, 5.74) is 2.23. The summed E-state index contributed by atoms with van der Waals surface area (Å²) in [6.45, 7) is 2.27. The Bertz CT molecular complexity index is 380. The minimum atomic E-state index is 0.257. The minimum absolute atomic E-state index is 0.257. The molecule has 0 aliphatic heterocycles. The summed E-state index contributed by atoms with van der Waals surface area (Å²) in [5, 5.41) is 0. The normalized spacial score (nSPS) is 12.2. The van der Waals surface area contributed by atoms with Gasteiger partial charge in [-0.15, -0.1) is 11.8 Å². The van der Waals surface area contributed by atoms with Gasteiger partial charge in [-0.2, -0.15) is 0 Å². The summed E-state index contributed by atoms with van der Waals surface area (Å²) in [4.78, 5) is 10.8. The van der Waals surface area contributed by atoms with Crippen molar-refractivity contribution in [1.82, 2.24) is 0 Å². The van der Waals surface area contributed by atoms with Crippen molar-refractivity contribution < 1.29 is 4.79 Å². The highest BCUT2D eigenvalue weighted by Crippen LogP contribution is 2.38. The van der Waals surface area contributed by atoms with Gasteiger partial charge >= 0.3 is 0 Å². The van der Waals surface area contributed by atoms with Gasteiger partial charge in [0.1, 0.15) is 0 Å². The van der Waals surface area contributed by atoms with E-state index < -0.39 is 0 Å². The highest BCUT2D eigenvalue weighted by molar-refractivity contribution is 8.23. The van der Waals surface area contributed by atoms with E-state index in [9.17, 15) is 4.79 Å². The van der Waals surface area contributed by atoms with Gasteiger partial charge < -0.3 is 0 Å². The summed E-state index contributed by atoms with van der Waals surface area (Å²) < 4.78 is 0.257. The van der Waals surface area contributed by atoms with Gasteiger partial charge in [0, 0.05) is 0 Å². The van der Waals surface area contributed by atoms with Gasteiger partial charge in [-0.25, -0.2) is 0 Å². The molecule has 1 aromatic rings. The lowest BCUT2D eigenvalue weighted by Gasteiger charge is -2.13. The Morgan fingerprint density at radius 1 is 0.870 bits per heavy atom. The average molecular weight is 353 g/mol. The number of carbonyl (C=O) groups is 1. The quantitative estimate of drug-likeness (QED) is 0.188. The molecule has 0 amide bonds. The zero-order chi connectivity index (χ0) is 16.6. The molecule has 3 heteroatoms. The molecule has 0 aliphatic rings. The van der Waals surface area contributed by atoms with E-state index in [1.165, 1.54) is 81.5 Å². The van der Waals surface area contributed by atoms with Gasteiger partial charge in [-0.1, -0.05) is 107 Å². The molecule has 0 N–H and O–H groups in total. The molecule has 1 unspecified atom stereocenters. The molecule has 0 aliphatic carbocycles. The first-order chi connectivity index (χ1) is 11.4. The molecule has 0 heterocycles. The second-order valence-electron chi connectivity index (χ2n) is 6.03. The molecule has 0 radical (unpaired) electrons. The monoisotopic (exact) mass is 352 g/mol. The number of rotatable bonds is 15. The van der Waals surface area contributed by atoms with Crippen molar-refractivity contribution in [3.05, 3.63) is 35.9 Å². The van der Waals surface area contributed by atoms with Gasteiger partial charge in [0.05, 0.1) is 4.58 Å². The Kier molecular flexibility index (Phi) is 13.6. The highest BCUT2D eigenvalue weighted by atomic mass is 32.2. The van der Waals surface area contributed by atoms with E-state index in [1.807, 2.05) is 17.8 Å². The maximum absolute atomic E-state index is 10.8. The lowest BCUT2D eigenvalue weighted by atomic mass is 10.1. The number of carbonyl (C=O) groups excluding carboxylic acids is 1. The molecular weight excluding hydrogens is 320 g/mol. The SMILES string of the molecule is CCCCCCCCCCCCSC(SC=O)c1ccccc1. The molecule has 0 saturated carbocycles. The minimum Gasteiger partial charge on any atom is -0.291 e. The number of hydrogen-bond acceptors (Lipinski definition) is 3. The Morgan fingerprint density at radius 3 is 2.00 bits per heavy atom. The molecule has 130 valence electrons. The maximum Gasteiger partial charge on any atom is 0.177 e. The lowest BCUT2D eigenvalue weighted by Crippen LogP contribution is -1.91. The predicted molar refractivity (Wildman–Crippen MR) is 108 cm³/mol. The van der Waals surface area contributed by atoms with E-state index in [0.717, 1.165) is 11.4 Å². The van der Waals surface area contributed by atoms with Crippen molar-refractivity contribution in [2.24, 2.45) is 0 Å². The van der Waals surface area contributed by atoms with Crippen LogP contribution in [0.15, 0.2) is 30.3 Å². The van der Waals surface area contributed by atoms with Crippen molar-refractivity contribution in [2.45, 2.75) is 75.7 Å². The van der Waals surface area contributed by atoms with Crippen molar-refractivity contribution in [2.75, 3.05) is 5.75 Å². The van der Waals surface area contributed by atoms with Crippen LogP contribution in [0.4, 0.5) is 0 Å². The van der Waals surface area contributed by atoms with Crippen LogP contribution in [0.5, 0.6) is 0 Å². The Morgan fingerprint density at radius 2 is 1.43 bits per heavy atom. The highest BCUT2D eigenvalue weighted by Gasteiger charge is 2.11. The van der Waals surface area contributed by atoms with Crippen LogP contribution in [-0.4, -0.2) is 11.4 Å². The van der Waals surface area contributed by atoms with Crippen molar-refractivity contribution >= 4 is 29.1 Å². The van der Waals surface area contributed by atoms with Crippen LogP contribution in [0.3, 0.4) is 0 Å². The van der Waals surface area contributed by atoms with Crippen molar-refractivity contribution in [3.8, 4) is 0 Å². The third-order valence-corrected chi connectivity index (χ3v) is 6.49. The summed E-state index contributed by atoms with van der Waals surface area (Å²) in [6, 6.07) is 10.4. The van der Waals surface area contributed by atoms with Gasteiger partial charge in [-0.05, 0) is 17.7 Å². The van der Waals surface area contributed by atoms with Crippen molar-refractivity contribution in [1.29, 1.82) is 0 Å². The van der Waals surface area contributed by atoms with Crippen LogP contribution < -0.4 is 0 Å². The number of benzene rings is 1. The van der Waals surface area contributed by atoms with Crippen LogP contribution in [0.1, 0.15) is 81.3 Å². The standard InChI is InChI=1S/C20H32OS2/c1-2-3-4-5-6-7-8-9-10-14-17-22-20(23-18-21)19-15-12-11-13-16-19/h11-13,15-16,18,20H,2-10,14,17H2,1H3. The van der Waals surface area contributed by atoms with E-state index in [4.69, 9.17) is 0 Å². The molecule has 0 bridgehead atoms. The molecule has 1 aromatic carbocycles. The molecule has 1 rings (SSSR count). The van der Waals surface area contributed by atoms with Gasteiger partial charge in [0.25, 0.3) is 0 Å². The van der Waals surface area contributed by atoms with E-state index >= 15 is 0 Å². The van der Waals surface area contributed by atoms with Crippen LogP contribution in [-0.2, 0) is 4.79 Å². The Labute approximate surface area is 151 Å². The maximum atomic E-state index is 10.8.